The first kappa shape index (κ1) is 22.5. The Balaban J connectivity index is 0.00000484. The SMILES string of the molecule is CC(C)N(ON(C(C)C)C(C)(C)Cc1ccccc1)C(C)C.P. The topological polar surface area (TPSA) is 15.7 Å². The standard InChI is InChI=1S/C19H34N2O.H3P/c1-15(2)20(16(3)4)22-21(17(5)6)19(7,8)14-18-12-10-9-11-13-18;/h9-13,15-17H,14H2,1-8H3;1H3. The number of nitrogens with zero attached hydrogens (tertiary/aromatic N) is 2. The molecule has 0 aliphatic carbocycles. The molecule has 0 amide bonds. The van der Waals surface area contributed by atoms with Gasteiger partial charge in [-0.05, 0) is 67.4 Å². The summed E-state index contributed by atoms with van der Waals surface area (Å²) in [5.41, 5.74) is 1.25. The van der Waals surface area contributed by atoms with Crippen molar-refractivity contribution in [1.82, 2.24) is 10.1 Å². The summed E-state index contributed by atoms with van der Waals surface area (Å²) < 4.78 is 0. The zero-order valence-corrected chi connectivity index (χ0v) is 17.7. The summed E-state index contributed by atoms with van der Waals surface area (Å²) >= 11 is 0. The van der Waals surface area contributed by atoms with E-state index in [2.05, 4.69) is 95.8 Å². The largest absolute Gasteiger partial charge is 0.207 e. The van der Waals surface area contributed by atoms with Gasteiger partial charge >= 0.3 is 0 Å². The third kappa shape index (κ3) is 6.89. The molecule has 3 nitrogen and oxygen atoms in total. The third-order valence-electron chi connectivity index (χ3n) is 3.75. The van der Waals surface area contributed by atoms with Crippen LogP contribution in [0.4, 0.5) is 0 Å². The lowest BCUT2D eigenvalue weighted by molar-refractivity contribution is -0.385. The average Bonchev–Trinajstić information content (AvgIpc) is 2.37. The van der Waals surface area contributed by atoms with Crippen molar-refractivity contribution in [3.63, 3.8) is 0 Å². The van der Waals surface area contributed by atoms with Crippen LogP contribution in [0.15, 0.2) is 30.3 Å². The molecule has 0 saturated heterocycles. The Hall–Kier alpha value is -0.470. The lowest BCUT2D eigenvalue weighted by Gasteiger charge is -2.44. The van der Waals surface area contributed by atoms with Crippen LogP contribution in [0.25, 0.3) is 0 Å². The molecule has 0 aliphatic rings. The van der Waals surface area contributed by atoms with Crippen LogP contribution in [0.3, 0.4) is 0 Å². The van der Waals surface area contributed by atoms with Gasteiger partial charge in [0.25, 0.3) is 0 Å². The van der Waals surface area contributed by atoms with Crippen molar-refractivity contribution < 1.29 is 4.94 Å². The Labute approximate surface area is 146 Å². The lowest BCUT2D eigenvalue weighted by Crippen LogP contribution is -2.54. The number of hydroxylamine groups is 4. The van der Waals surface area contributed by atoms with Crippen LogP contribution in [-0.2, 0) is 11.4 Å². The number of hydrogen-bond donors (Lipinski definition) is 0. The first-order chi connectivity index (χ1) is 10.1. The minimum Gasteiger partial charge on any atom is -0.207 e. The molecule has 1 atom stereocenters. The van der Waals surface area contributed by atoms with Crippen LogP contribution in [0.2, 0.25) is 0 Å². The molecule has 134 valence electrons. The van der Waals surface area contributed by atoms with Crippen LogP contribution >= 0.6 is 9.90 Å². The van der Waals surface area contributed by atoms with Gasteiger partial charge in [-0.1, -0.05) is 30.3 Å². The van der Waals surface area contributed by atoms with Crippen molar-refractivity contribution in [2.75, 3.05) is 0 Å². The molecule has 4 heteroatoms. The van der Waals surface area contributed by atoms with E-state index < -0.39 is 0 Å². The number of hydrogen-bond acceptors (Lipinski definition) is 3. The predicted molar refractivity (Wildman–Crippen MR) is 106 cm³/mol. The van der Waals surface area contributed by atoms with Gasteiger partial charge in [-0.25, -0.2) is 4.94 Å². The quantitative estimate of drug-likeness (QED) is 0.502. The van der Waals surface area contributed by atoms with Gasteiger partial charge in [0.1, 0.15) is 0 Å². The Bertz CT molecular complexity index is 424. The first-order valence-electron chi connectivity index (χ1n) is 8.45. The van der Waals surface area contributed by atoms with Crippen molar-refractivity contribution in [3.8, 4) is 0 Å². The average molecular weight is 340 g/mol. The molecular formula is C19H37N2OP. The molecule has 1 aromatic carbocycles. The van der Waals surface area contributed by atoms with Crippen molar-refractivity contribution in [2.45, 2.75) is 85.5 Å². The highest BCUT2D eigenvalue weighted by molar-refractivity contribution is 6.92. The Kier molecular flexibility index (Phi) is 9.54. The van der Waals surface area contributed by atoms with E-state index in [1.165, 1.54) is 5.56 Å². The monoisotopic (exact) mass is 340 g/mol. The summed E-state index contributed by atoms with van der Waals surface area (Å²) in [6.45, 7) is 17.5. The maximum Gasteiger partial charge on any atom is 0.0469 e. The molecule has 1 unspecified atom stereocenters. The Morgan fingerprint density at radius 3 is 1.74 bits per heavy atom. The fourth-order valence-corrected chi connectivity index (χ4v) is 2.96. The highest BCUT2D eigenvalue weighted by Gasteiger charge is 2.33. The molecule has 0 heterocycles. The van der Waals surface area contributed by atoms with Crippen LogP contribution in [-0.4, -0.2) is 33.8 Å². The molecule has 0 aromatic heterocycles. The van der Waals surface area contributed by atoms with Crippen LogP contribution in [0.5, 0.6) is 0 Å². The molecule has 0 aliphatic heterocycles. The van der Waals surface area contributed by atoms with Crippen molar-refractivity contribution in [1.29, 1.82) is 0 Å². The van der Waals surface area contributed by atoms with Gasteiger partial charge in [0.2, 0.25) is 0 Å². The fraction of sp³-hybridized carbons (Fsp3) is 0.684. The highest BCUT2D eigenvalue weighted by Crippen LogP contribution is 2.25. The summed E-state index contributed by atoms with van der Waals surface area (Å²) in [6.07, 6.45) is 0.954. The minimum absolute atomic E-state index is 0. The van der Waals surface area contributed by atoms with E-state index in [4.69, 9.17) is 4.94 Å². The zero-order valence-electron chi connectivity index (χ0n) is 16.3. The zero-order chi connectivity index (χ0) is 16.9. The lowest BCUT2D eigenvalue weighted by atomic mass is 9.93. The van der Waals surface area contributed by atoms with Gasteiger partial charge in [-0.2, -0.15) is 20.0 Å². The molecule has 23 heavy (non-hydrogen) atoms. The molecule has 0 N–H and O–H groups in total. The summed E-state index contributed by atoms with van der Waals surface area (Å²) in [5, 5.41) is 4.22. The van der Waals surface area contributed by atoms with Crippen LogP contribution < -0.4 is 0 Å². The maximum absolute atomic E-state index is 6.34. The van der Waals surface area contributed by atoms with Crippen LogP contribution in [0.1, 0.15) is 61.0 Å². The summed E-state index contributed by atoms with van der Waals surface area (Å²) in [5.74, 6) is 0. The van der Waals surface area contributed by atoms with Gasteiger partial charge in [-0.15, -0.1) is 0 Å². The van der Waals surface area contributed by atoms with E-state index in [-0.39, 0.29) is 15.4 Å². The molecule has 0 bridgehead atoms. The van der Waals surface area contributed by atoms with Crippen molar-refractivity contribution in [2.24, 2.45) is 0 Å². The number of benzene rings is 1. The van der Waals surface area contributed by atoms with E-state index in [9.17, 15) is 0 Å². The van der Waals surface area contributed by atoms with E-state index in [1.807, 2.05) is 0 Å². The van der Waals surface area contributed by atoms with Gasteiger partial charge < -0.3 is 0 Å². The van der Waals surface area contributed by atoms with E-state index in [1.54, 1.807) is 0 Å². The van der Waals surface area contributed by atoms with Gasteiger partial charge in [0.15, 0.2) is 0 Å². The molecule has 1 rings (SSSR count). The summed E-state index contributed by atoms with van der Waals surface area (Å²) in [6, 6.07) is 11.6. The van der Waals surface area contributed by atoms with Gasteiger partial charge in [-0.3, -0.25) is 0 Å². The fourth-order valence-electron chi connectivity index (χ4n) is 2.96. The van der Waals surface area contributed by atoms with Crippen molar-refractivity contribution >= 4 is 9.90 Å². The minimum atomic E-state index is -0.0858. The Morgan fingerprint density at radius 2 is 1.35 bits per heavy atom. The highest BCUT2D eigenvalue weighted by atomic mass is 31.0. The normalized spacial score (nSPS) is 12.6. The van der Waals surface area contributed by atoms with E-state index >= 15 is 0 Å². The molecule has 0 radical (unpaired) electrons. The first-order valence-corrected chi connectivity index (χ1v) is 8.45. The summed E-state index contributed by atoms with van der Waals surface area (Å²) in [4.78, 5) is 6.34. The van der Waals surface area contributed by atoms with E-state index in [0.29, 0.717) is 18.1 Å². The molecule has 0 fully saturated rings. The van der Waals surface area contributed by atoms with Crippen molar-refractivity contribution in [3.05, 3.63) is 35.9 Å². The van der Waals surface area contributed by atoms with Crippen LogP contribution in [0, 0.1) is 0 Å². The third-order valence-corrected chi connectivity index (χ3v) is 3.75. The molecule has 0 spiro atoms. The second-order valence-electron chi connectivity index (χ2n) is 7.52. The second-order valence-corrected chi connectivity index (χ2v) is 7.52. The Morgan fingerprint density at radius 1 is 0.870 bits per heavy atom. The number of rotatable bonds is 8. The van der Waals surface area contributed by atoms with E-state index in [0.717, 1.165) is 6.42 Å². The molecule has 1 aromatic rings. The molecular weight excluding hydrogens is 303 g/mol. The predicted octanol–water partition coefficient (Wildman–Crippen LogP) is 4.74. The van der Waals surface area contributed by atoms with Gasteiger partial charge in [0.05, 0.1) is 0 Å². The second kappa shape index (κ2) is 9.74. The molecule has 0 saturated carbocycles. The summed E-state index contributed by atoms with van der Waals surface area (Å²) in [7, 11) is 0. The smallest absolute Gasteiger partial charge is 0.0469 e. The maximum atomic E-state index is 6.34. The van der Waals surface area contributed by atoms with Gasteiger partial charge in [0, 0.05) is 23.7 Å².